The molecule has 90 valence electrons. The van der Waals surface area contributed by atoms with Crippen molar-refractivity contribution in [1.29, 1.82) is 0 Å². The molecule has 4 N–H and O–H groups in total. The standard InChI is InChI=1S/C10H25N5/c1-5-12-10(14-11)13-9(4)8-15(6-2)7-3/h9H,5-8,11H2,1-4H3,(H2,12,13,14). The van der Waals surface area contributed by atoms with Gasteiger partial charge in [0.2, 0.25) is 5.96 Å². The van der Waals surface area contributed by atoms with Gasteiger partial charge in [-0.2, -0.15) is 0 Å². The number of nitrogens with one attached hydrogen (secondary N) is 2. The van der Waals surface area contributed by atoms with Gasteiger partial charge in [0.1, 0.15) is 0 Å². The maximum atomic E-state index is 5.35. The summed E-state index contributed by atoms with van der Waals surface area (Å²) in [6.45, 7) is 12.3. The molecule has 0 aliphatic rings. The van der Waals surface area contributed by atoms with Crippen molar-refractivity contribution in [2.24, 2.45) is 10.8 Å². The van der Waals surface area contributed by atoms with E-state index in [1.54, 1.807) is 0 Å². The summed E-state index contributed by atoms with van der Waals surface area (Å²) in [5.74, 6) is 6.01. The Morgan fingerprint density at radius 3 is 2.33 bits per heavy atom. The fourth-order valence-corrected chi connectivity index (χ4v) is 1.44. The number of hydrogen-bond donors (Lipinski definition) is 3. The maximum absolute atomic E-state index is 5.35. The summed E-state index contributed by atoms with van der Waals surface area (Å²) in [7, 11) is 0. The second-order valence-electron chi connectivity index (χ2n) is 3.50. The zero-order valence-electron chi connectivity index (χ0n) is 10.4. The zero-order chi connectivity index (χ0) is 11.7. The van der Waals surface area contributed by atoms with Crippen LogP contribution in [0.1, 0.15) is 27.7 Å². The predicted octanol–water partition coefficient (Wildman–Crippen LogP) is 0.146. The summed E-state index contributed by atoms with van der Waals surface area (Å²) >= 11 is 0. The molecule has 0 aliphatic carbocycles. The first-order valence-electron chi connectivity index (χ1n) is 5.67. The Hall–Kier alpha value is -0.810. The van der Waals surface area contributed by atoms with Crippen LogP contribution in [0, 0.1) is 0 Å². The highest BCUT2D eigenvalue weighted by molar-refractivity contribution is 5.79. The predicted molar refractivity (Wildman–Crippen MR) is 65.7 cm³/mol. The Kier molecular flexibility index (Phi) is 8.04. The molecule has 0 saturated heterocycles. The zero-order valence-corrected chi connectivity index (χ0v) is 10.4. The molecule has 0 spiro atoms. The van der Waals surface area contributed by atoms with E-state index >= 15 is 0 Å². The van der Waals surface area contributed by atoms with Crippen LogP contribution in [0.5, 0.6) is 0 Å². The highest BCUT2D eigenvalue weighted by Crippen LogP contribution is 1.91. The van der Waals surface area contributed by atoms with Crippen molar-refractivity contribution < 1.29 is 0 Å². The maximum Gasteiger partial charge on any atom is 0.205 e. The van der Waals surface area contributed by atoms with Gasteiger partial charge in [0.25, 0.3) is 0 Å². The van der Waals surface area contributed by atoms with Crippen LogP contribution in [0.15, 0.2) is 4.99 Å². The summed E-state index contributed by atoms with van der Waals surface area (Å²) in [5.41, 5.74) is 2.56. The van der Waals surface area contributed by atoms with E-state index in [0.29, 0.717) is 12.0 Å². The quantitative estimate of drug-likeness (QED) is 0.255. The molecule has 0 aromatic heterocycles. The first-order valence-corrected chi connectivity index (χ1v) is 5.67. The average molecular weight is 215 g/mol. The number of likely N-dealkylation sites (N-methyl/N-ethyl adjacent to an activating group) is 1. The topological polar surface area (TPSA) is 65.7 Å². The number of hydrogen-bond acceptors (Lipinski definition) is 3. The Balaban J connectivity index is 3.99. The lowest BCUT2D eigenvalue weighted by Gasteiger charge is -2.24. The Morgan fingerprint density at radius 2 is 1.93 bits per heavy atom. The molecule has 0 radical (unpaired) electrons. The second kappa shape index (κ2) is 8.49. The molecule has 5 heteroatoms. The van der Waals surface area contributed by atoms with Crippen LogP contribution >= 0.6 is 0 Å². The van der Waals surface area contributed by atoms with Crippen molar-refractivity contribution in [2.75, 3.05) is 26.2 Å². The molecule has 5 nitrogen and oxygen atoms in total. The third-order valence-corrected chi connectivity index (χ3v) is 2.26. The van der Waals surface area contributed by atoms with Crippen LogP contribution in [0.2, 0.25) is 0 Å². The van der Waals surface area contributed by atoms with Crippen LogP contribution in [-0.4, -0.2) is 43.1 Å². The van der Waals surface area contributed by atoms with Gasteiger partial charge >= 0.3 is 0 Å². The third kappa shape index (κ3) is 6.30. The minimum atomic E-state index is 0.339. The number of aliphatic imine (C=N–C) groups is 1. The first kappa shape index (κ1) is 14.2. The molecule has 1 atom stereocenters. The summed E-state index contributed by atoms with van der Waals surface area (Å²) in [5, 5.41) is 3.24. The molecule has 0 fully saturated rings. The van der Waals surface area contributed by atoms with Crippen molar-refractivity contribution in [3.63, 3.8) is 0 Å². The molecule has 0 bridgehead atoms. The van der Waals surface area contributed by atoms with Crippen LogP contribution in [0.3, 0.4) is 0 Å². The Morgan fingerprint density at radius 1 is 1.33 bits per heavy atom. The Bertz CT molecular complexity index is 177. The minimum absolute atomic E-state index is 0.339. The molecular weight excluding hydrogens is 190 g/mol. The fraction of sp³-hybridized carbons (Fsp3) is 0.900. The van der Waals surface area contributed by atoms with E-state index in [-0.39, 0.29) is 0 Å². The van der Waals surface area contributed by atoms with Crippen molar-refractivity contribution in [1.82, 2.24) is 15.6 Å². The van der Waals surface area contributed by atoms with Gasteiger partial charge in [-0.3, -0.25) is 10.4 Å². The van der Waals surface area contributed by atoms with E-state index in [9.17, 15) is 0 Å². The van der Waals surface area contributed by atoms with Crippen molar-refractivity contribution in [3.05, 3.63) is 0 Å². The molecule has 0 heterocycles. The molecular formula is C10H25N5. The van der Waals surface area contributed by atoms with E-state index in [1.165, 1.54) is 0 Å². The fourth-order valence-electron chi connectivity index (χ4n) is 1.44. The largest absolute Gasteiger partial charge is 0.352 e. The molecule has 0 amide bonds. The van der Waals surface area contributed by atoms with Crippen LogP contribution in [0.4, 0.5) is 0 Å². The molecule has 0 aliphatic heterocycles. The monoisotopic (exact) mass is 215 g/mol. The minimum Gasteiger partial charge on any atom is -0.352 e. The number of hydrazine groups is 1. The van der Waals surface area contributed by atoms with Gasteiger partial charge < -0.3 is 10.2 Å². The van der Waals surface area contributed by atoms with E-state index in [2.05, 4.69) is 41.4 Å². The molecule has 0 aromatic carbocycles. The smallest absolute Gasteiger partial charge is 0.205 e. The van der Waals surface area contributed by atoms with Crippen molar-refractivity contribution in [3.8, 4) is 0 Å². The number of rotatable bonds is 6. The van der Waals surface area contributed by atoms with E-state index in [4.69, 9.17) is 5.84 Å². The lowest BCUT2D eigenvalue weighted by molar-refractivity contribution is 0.281. The number of nitrogens with zero attached hydrogens (tertiary/aromatic N) is 2. The normalized spacial score (nSPS) is 14.1. The van der Waals surface area contributed by atoms with Gasteiger partial charge in [-0.1, -0.05) is 13.8 Å². The van der Waals surface area contributed by atoms with Gasteiger partial charge in [-0.05, 0) is 26.9 Å². The number of nitrogens with two attached hydrogens (primary N) is 1. The molecule has 0 aromatic rings. The lowest BCUT2D eigenvalue weighted by Crippen LogP contribution is -2.49. The second-order valence-corrected chi connectivity index (χ2v) is 3.50. The van der Waals surface area contributed by atoms with Gasteiger partial charge in [0.15, 0.2) is 0 Å². The van der Waals surface area contributed by atoms with Gasteiger partial charge in [-0.25, -0.2) is 5.84 Å². The first-order chi connectivity index (χ1) is 7.17. The molecule has 15 heavy (non-hydrogen) atoms. The molecule has 0 saturated carbocycles. The lowest BCUT2D eigenvalue weighted by atomic mass is 10.3. The van der Waals surface area contributed by atoms with E-state index in [1.807, 2.05) is 6.92 Å². The average Bonchev–Trinajstić information content (AvgIpc) is 2.25. The van der Waals surface area contributed by atoms with Gasteiger partial charge in [0.05, 0.1) is 0 Å². The van der Waals surface area contributed by atoms with Gasteiger partial charge in [-0.15, -0.1) is 0 Å². The number of guanidine groups is 1. The van der Waals surface area contributed by atoms with Crippen molar-refractivity contribution in [2.45, 2.75) is 33.7 Å². The highest BCUT2D eigenvalue weighted by Gasteiger charge is 2.07. The summed E-state index contributed by atoms with van der Waals surface area (Å²) in [4.78, 5) is 6.55. The van der Waals surface area contributed by atoms with E-state index < -0.39 is 0 Å². The SMILES string of the molecule is CCN=C(NN)NC(C)CN(CC)CC. The highest BCUT2D eigenvalue weighted by atomic mass is 15.3. The van der Waals surface area contributed by atoms with Crippen LogP contribution in [-0.2, 0) is 0 Å². The van der Waals surface area contributed by atoms with Crippen molar-refractivity contribution >= 4 is 5.96 Å². The van der Waals surface area contributed by atoms with Crippen LogP contribution < -0.4 is 16.6 Å². The molecule has 0 rings (SSSR count). The summed E-state index contributed by atoms with van der Waals surface area (Å²) in [6.07, 6.45) is 0. The summed E-state index contributed by atoms with van der Waals surface area (Å²) < 4.78 is 0. The molecule has 1 unspecified atom stereocenters. The third-order valence-electron chi connectivity index (χ3n) is 2.26. The Labute approximate surface area is 93.1 Å². The summed E-state index contributed by atoms with van der Waals surface area (Å²) in [6, 6.07) is 0.339. The van der Waals surface area contributed by atoms with E-state index in [0.717, 1.165) is 26.2 Å². The van der Waals surface area contributed by atoms with Gasteiger partial charge in [0, 0.05) is 19.1 Å². The van der Waals surface area contributed by atoms with Crippen LogP contribution in [0.25, 0.3) is 0 Å².